The molecule has 1 N–H and O–H groups in total. The van der Waals surface area contributed by atoms with Gasteiger partial charge in [0.15, 0.2) is 11.5 Å². The van der Waals surface area contributed by atoms with Crippen molar-refractivity contribution in [3.8, 4) is 11.3 Å². The Balaban J connectivity index is 1.70. The van der Waals surface area contributed by atoms with Crippen molar-refractivity contribution in [3.63, 3.8) is 0 Å². The summed E-state index contributed by atoms with van der Waals surface area (Å²) in [6.07, 6.45) is 1.86. The summed E-state index contributed by atoms with van der Waals surface area (Å²) in [6.45, 7) is 4.61. The van der Waals surface area contributed by atoms with Crippen LogP contribution in [0.15, 0.2) is 47.1 Å². The zero-order valence-corrected chi connectivity index (χ0v) is 13.4. The van der Waals surface area contributed by atoms with E-state index in [0.717, 1.165) is 12.2 Å². The fourth-order valence-electron chi connectivity index (χ4n) is 2.26. The number of aromatic nitrogens is 3. The van der Waals surface area contributed by atoms with E-state index in [-0.39, 0.29) is 23.5 Å². The molecule has 3 rings (SSSR count). The Morgan fingerprint density at radius 3 is 2.75 bits per heavy atom. The Labute approximate surface area is 138 Å². The molecule has 0 aliphatic heterocycles. The molecule has 3 aromatic rings. The second-order valence-corrected chi connectivity index (χ2v) is 5.37. The number of nitrogens with one attached hydrogen (secondary N) is 1. The first-order valence-corrected chi connectivity index (χ1v) is 7.63. The fraction of sp³-hybridized carbons (Fsp3) is 0.235. The van der Waals surface area contributed by atoms with Crippen LogP contribution in [0.2, 0.25) is 0 Å². The molecule has 2 heterocycles. The van der Waals surface area contributed by atoms with Crippen LogP contribution in [-0.4, -0.2) is 20.8 Å². The highest BCUT2D eigenvalue weighted by Crippen LogP contribution is 2.21. The van der Waals surface area contributed by atoms with Crippen molar-refractivity contribution >= 4 is 5.91 Å². The summed E-state index contributed by atoms with van der Waals surface area (Å²) >= 11 is 0. The predicted molar refractivity (Wildman–Crippen MR) is 85.7 cm³/mol. The Bertz CT molecular complexity index is 838. The minimum absolute atomic E-state index is 0.163. The van der Waals surface area contributed by atoms with Crippen LogP contribution in [0.4, 0.5) is 4.39 Å². The number of hydrogen-bond donors (Lipinski definition) is 1. The third-order valence-corrected chi connectivity index (χ3v) is 3.65. The van der Waals surface area contributed by atoms with E-state index < -0.39 is 0 Å². The second-order valence-electron chi connectivity index (χ2n) is 5.37. The van der Waals surface area contributed by atoms with Gasteiger partial charge >= 0.3 is 0 Å². The van der Waals surface area contributed by atoms with Crippen LogP contribution in [0.5, 0.6) is 0 Å². The molecule has 2 aromatic heterocycles. The molecule has 0 aliphatic rings. The Hall–Kier alpha value is -2.96. The van der Waals surface area contributed by atoms with E-state index in [1.165, 1.54) is 18.2 Å². The van der Waals surface area contributed by atoms with Crippen molar-refractivity contribution in [2.24, 2.45) is 0 Å². The van der Waals surface area contributed by atoms with Crippen LogP contribution in [-0.2, 0) is 6.54 Å². The molecule has 0 bridgehead atoms. The lowest BCUT2D eigenvalue weighted by atomic mass is 10.1. The lowest BCUT2D eigenvalue weighted by Gasteiger charge is -2.09. The van der Waals surface area contributed by atoms with Crippen LogP contribution >= 0.6 is 0 Å². The third kappa shape index (κ3) is 3.34. The van der Waals surface area contributed by atoms with Crippen molar-refractivity contribution in [2.45, 2.75) is 26.4 Å². The molecule has 1 aromatic carbocycles. The molecule has 0 saturated carbocycles. The van der Waals surface area contributed by atoms with E-state index in [9.17, 15) is 9.18 Å². The minimum atomic E-state index is -0.356. The first-order chi connectivity index (χ1) is 11.6. The summed E-state index contributed by atoms with van der Waals surface area (Å²) in [5.41, 5.74) is 1.58. The average Bonchev–Trinajstić information content (AvgIpc) is 3.25. The highest BCUT2D eigenvalue weighted by atomic mass is 19.1. The standard InChI is InChI=1S/C17H17FN4O2/c1-3-22-9-8-14(20-22)11(2)19-17(23)15-10-16(24-21-15)12-4-6-13(18)7-5-12/h4-11H,3H2,1-2H3,(H,19,23). The Morgan fingerprint density at radius 1 is 1.33 bits per heavy atom. The molecule has 0 spiro atoms. The summed E-state index contributed by atoms with van der Waals surface area (Å²) in [7, 11) is 0. The molecule has 124 valence electrons. The van der Waals surface area contributed by atoms with Gasteiger partial charge in [0, 0.05) is 24.4 Å². The van der Waals surface area contributed by atoms with Crippen molar-refractivity contribution in [1.29, 1.82) is 0 Å². The SMILES string of the molecule is CCn1ccc(C(C)NC(=O)c2cc(-c3ccc(F)cc3)on2)n1. The van der Waals surface area contributed by atoms with Gasteiger partial charge in [-0.15, -0.1) is 0 Å². The summed E-state index contributed by atoms with van der Waals surface area (Å²) in [5.74, 6) is -0.287. The van der Waals surface area contributed by atoms with E-state index in [1.807, 2.05) is 26.1 Å². The maximum Gasteiger partial charge on any atom is 0.274 e. The number of nitrogens with zero attached hydrogens (tertiary/aromatic N) is 3. The smallest absolute Gasteiger partial charge is 0.274 e. The fourth-order valence-corrected chi connectivity index (χ4v) is 2.26. The first kappa shape index (κ1) is 15.9. The van der Waals surface area contributed by atoms with E-state index in [4.69, 9.17) is 4.52 Å². The maximum absolute atomic E-state index is 12.9. The summed E-state index contributed by atoms with van der Waals surface area (Å²) in [6, 6.07) is 8.92. The average molecular weight is 328 g/mol. The molecule has 1 atom stereocenters. The van der Waals surface area contributed by atoms with Gasteiger partial charge in [-0.1, -0.05) is 5.16 Å². The lowest BCUT2D eigenvalue weighted by molar-refractivity contribution is 0.0930. The Kier molecular flexibility index (Phi) is 4.41. The molecule has 0 aliphatic carbocycles. The third-order valence-electron chi connectivity index (χ3n) is 3.65. The quantitative estimate of drug-likeness (QED) is 0.780. The maximum atomic E-state index is 12.9. The monoisotopic (exact) mass is 328 g/mol. The topological polar surface area (TPSA) is 73.0 Å². The second kappa shape index (κ2) is 6.66. The molecule has 0 radical (unpaired) electrons. The van der Waals surface area contributed by atoms with Crippen molar-refractivity contribution < 1.29 is 13.7 Å². The number of aryl methyl sites for hydroxylation is 1. The van der Waals surface area contributed by atoms with Gasteiger partial charge in [0.25, 0.3) is 5.91 Å². The normalized spacial score (nSPS) is 12.1. The molecule has 6 nitrogen and oxygen atoms in total. The van der Waals surface area contributed by atoms with E-state index in [1.54, 1.807) is 16.8 Å². The zero-order valence-electron chi connectivity index (χ0n) is 13.4. The van der Waals surface area contributed by atoms with E-state index >= 15 is 0 Å². The van der Waals surface area contributed by atoms with Gasteiger partial charge in [0.2, 0.25) is 0 Å². The van der Waals surface area contributed by atoms with Crippen LogP contribution < -0.4 is 5.32 Å². The lowest BCUT2D eigenvalue weighted by Crippen LogP contribution is -2.27. The van der Waals surface area contributed by atoms with Gasteiger partial charge in [0.05, 0.1) is 11.7 Å². The van der Waals surface area contributed by atoms with Gasteiger partial charge < -0.3 is 9.84 Å². The van der Waals surface area contributed by atoms with E-state index in [2.05, 4.69) is 15.6 Å². The molecule has 7 heteroatoms. The minimum Gasteiger partial charge on any atom is -0.355 e. The molecule has 1 amide bonds. The molecule has 0 saturated heterocycles. The van der Waals surface area contributed by atoms with Gasteiger partial charge in [-0.3, -0.25) is 9.48 Å². The van der Waals surface area contributed by atoms with Gasteiger partial charge in [-0.2, -0.15) is 5.10 Å². The van der Waals surface area contributed by atoms with Crippen LogP contribution in [0.3, 0.4) is 0 Å². The van der Waals surface area contributed by atoms with Crippen molar-refractivity contribution in [3.05, 3.63) is 59.8 Å². The number of rotatable bonds is 5. The molecule has 0 fully saturated rings. The summed E-state index contributed by atoms with van der Waals surface area (Å²) < 4.78 is 19.9. The highest BCUT2D eigenvalue weighted by molar-refractivity contribution is 5.93. The van der Waals surface area contributed by atoms with Crippen LogP contribution in [0.1, 0.15) is 36.1 Å². The number of carbonyl (C=O) groups excluding carboxylic acids is 1. The van der Waals surface area contributed by atoms with Gasteiger partial charge in [-0.25, -0.2) is 4.39 Å². The molecular formula is C17H17FN4O2. The first-order valence-electron chi connectivity index (χ1n) is 7.63. The molecule has 24 heavy (non-hydrogen) atoms. The highest BCUT2D eigenvalue weighted by Gasteiger charge is 2.17. The molecular weight excluding hydrogens is 311 g/mol. The predicted octanol–water partition coefficient (Wildman–Crippen LogP) is 3.19. The number of hydrogen-bond acceptors (Lipinski definition) is 4. The molecule has 1 unspecified atom stereocenters. The zero-order chi connectivity index (χ0) is 17.1. The Morgan fingerprint density at radius 2 is 2.08 bits per heavy atom. The van der Waals surface area contributed by atoms with E-state index in [0.29, 0.717) is 11.3 Å². The largest absolute Gasteiger partial charge is 0.355 e. The number of amides is 1. The number of benzene rings is 1. The summed E-state index contributed by atoms with van der Waals surface area (Å²) in [5, 5.41) is 11.0. The van der Waals surface area contributed by atoms with Crippen molar-refractivity contribution in [2.75, 3.05) is 0 Å². The number of halogens is 1. The van der Waals surface area contributed by atoms with Crippen molar-refractivity contribution in [1.82, 2.24) is 20.3 Å². The number of carbonyl (C=O) groups is 1. The van der Waals surface area contributed by atoms with Crippen LogP contribution in [0, 0.1) is 5.82 Å². The van der Waals surface area contributed by atoms with Crippen LogP contribution in [0.25, 0.3) is 11.3 Å². The summed E-state index contributed by atoms with van der Waals surface area (Å²) in [4.78, 5) is 12.3. The van der Waals surface area contributed by atoms with Gasteiger partial charge in [0.1, 0.15) is 5.82 Å². The van der Waals surface area contributed by atoms with Gasteiger partial charge in [-0.05, 0) is 44.2 Å².